The van der Waals surface area contributed by atoms with Gasteiger partial charge >= 0.3 is 8.80 Å². The van der Waals surface area contributed by atoms with Gasteiger partial charge in [-0.05, 0) is 6.42 Å². The van der Waals surface area contributed by atoms with Gasteiger partial charge in [0.05, 0.1) is 12.7 Å². The van der Waals surface area contributed by atoms with Gasteiger partial charge < -0.3 is 25.7 Å². The van der Waals surface area contributed by atoms with Crippen LogP contribution < -0.4 is 17.0 Å². The zero-order chi connectivity index (χ0) is 12.7. The fourth-order valence-corrected chi connectivity index (χ4v) is 3.39. The van der Waals surface area contributed by atoms with Crippen molar-refractivity contribution in [3.05, 3.63) is 25.3 Å². The SMILES string of the molecule is C=Cn1cc[n+](CCC[Si](OC)(OC)OC)c1.[Cl-]. The lowest BCUT2D eigenvalue weighted by Gasteiger charge is -2.23. The van der Waals surface area contributed by atoms with Crippen LogP contribution in [0.3, 0.4) is 0 Å². The Hall–Kier alpha value is -0.663. The van der Waals surface area contributed by atoms with Crippen molar-refractivity contribution in [3.63, 3.8) is 0 Å². The standard InChI is InChI=1S/C11H21N2O3Si.ClH/c1-5-12-8-9-13(11-12)7-6-10-17(14-2,15-3)16-4;/h5,8-9,11H,1,6-7,10H2,2-4H3;1H/q+1;/p-1. The van der Waals surface area contributed by atoms with Crippen LogP contribution in [0.1, 0.15) is 6.42 Å². The zero-order valence-corrected chi connectivity index (χ0v) is 12.9. The predicted octanol–water partition coefficient (Wildman–Crippen LogP) is -1.85. The van der Waals surface area contributed by atoms with Crippen molar-refractivity contribution in [3.8, 4) is 0 Å². The molecule has 0 aromatic carbocycles. The molecule has 0 aliphatic carbocycles. The normalized spacial score (nSPS) is 11.1. The molecule has 0 aliphatic heterocycles. The molecule has 0 atom stereocenters. The summed E-state index contributed by atoms with van der Waals surface area (Å²) in [4.78, 5) is 0. The van der Waals surface area contributed by atoms with Crippen LogP contribution in [0, 0.1) is 0 Å². The minimum absolute atomic E-state index is 0. The molecule has 7 heteroatoms. The van der Waals surface area contributed by atoms with E-state index in [1.807, 2.05) is 23.3 Å². The molecule has 0 spiro atoms. The van der Waals surface area contributed by atoms with Crippen molar-refractivity contribution in [2.24, 2.45) is 0 Å². The summed E-state index contributed by atoms with van der Waals surface area (Å²) in [6, 6.07) is 0.808. The molecule has 1 rings (SSSR count). The van der Waals surface area contributed by atoms with E-state index in [2.05, 4.69) is 11.1 Å². The number of nitrogens with zero attached hydrogens (tertiary/aromatic N) is 2. The molecule has 1 heterocycles. The number of halogens is 1. The van der Waals surface area contributed by atoms with Crippen LogP contribution in [0.15, 0.2) is 25.3 Å². The fraction of sp³-hybridized carbons (Fsp3) is 0.545. The third-order valence-corrected chi connectivity index (χ3v) is 5.59. The molecule has 0 unspecified atom stereocenters. The fourth-order valence-electron chi connectivity index (χ4n) is 1.69. The van der Waals surface area contributed by atoms with E-state index in [9.17, 15) is 0 Å². The summed E-state index contributed by atoms with van der Waals surface area (Å²) in [6.07, 6.45) is 8.67. The van der Waals surface area contributed by atoms with E-state index in [0.717, 1.165) is 19.0 Å². The zero-order valence-electron chi connectivity index (χ0n) is 11.1. The summed E-state index contributed by atoms with van der Waals surface area (Å²) in [5.41, 5.74) is 0. The number of hydrogen-bond acceptors (Lipinski definition) is 3. The van der Waals surface area contributed by atoms with Gasteiger partial charge in [-0.1, -0.05) is 6.58 Å². The first-order valence-corrected chi connectivity index (χ1v) is 7.47. The van der Waals surface area contributed by atoms with Gasteiger partial charge in [-0.15, -0.1) is 0 Å². The first-order valence-electron chi connectivity index (χ1n) is 5.54. The van der Waals surface area contributed by atoms with Gasteiger partial charge in [0.15, 0.2) is 0 Å². The second-order valence-electron chi connectivity index (χ2n) is 3.68. The maximum atomic E-state index is 5.36. The summed E-state index contributed by atoms with van der Waals surface area (Å²) in [6.45, 7) is 4.61. The lowest BCUT2D eigenvalue weighted by atomic mass is 10.5. The average Bonchev–Trinajstić information content (AvgIpc) is 2.83. The van der Waals surface area contributed by atoms with Crippen LogP contribution >= 0.6 is 0 Å². The smallest absolute Gasteiger partial charge is 0.500 e. The number of hydrogen-bond donors (Lipinski definition) is 0. The first kappa shape index (κ1) is 17.3. The van der Waals surface area contributed by atoms with Crippen molar-refractivity contribution in [1.82, 2.24) is 4.57 Å². The van der Waals surface area contributed by atoms with Crippen LogP contribution in [0.4, 0.5) is 0 Å². The Morgan fingerprint density at radius 2 is 1.89 bits per heavy atom. The summed E-state index contributed by atoms with van der Waals surface area (Å²) in [5.74, 6) is 0. The molecule has 0 aliphatic rings. The Kier molecular flexibility index (Phi) is 8.13. The van der Waals surface area contributed by atoms with E-state index in [4.69, 9.17) is 13.3 Å². The van der Waals surface area contributed by atoms with E-state index < -0.39 is 8.80 Å². The lowest BCUT2D eigenvalue weighted by molar-refractivity contribution is -0.696. The largest absolute Gasteiger partial charge is 1.00 e. The number of imidazole rings is 1. The van der Waals surface area contributed by atoms with E-state index >= 15 is 0 Å². The monoisotopic (exact) mass is 292 g/mol. The van der Waals surface area contributed by atoms with E-state index in [1.54, 1.807) is 27.5 Å². The minimum Gasteiger partial charge on any atom is -1.00 e. The Labute approximate surface area is 116 Å². The highest BCUT2D eigenvalue weighted by molar-refractivity contribution is 6.60. The highest BCUT2D eigenvalue weighted by Crippen LogP contribution is 2.14. The van der Waals surface area contributed by atoms with E-state index in [1.165, 1.54) is 0 Å². The summed E-state index contributed by atoms with van der Waals surface area (Å²) < 4.78 is 20.1. The van der Waals surface area contributed by atoms with Crippen molar-refractivity contribution >= 4 is 15.0 Å². The van der Waals surface area contributed by atoms with Gasteiger partial charge in [0.2, 0.25) is 6.33 Å². The van der Waals surface area contributed by atoms with Gasteiger partial charge in [0.25, 0.3) is 0 Å². The summed E-state index contributed by atoms with van der Waals surface area (Å²) in [5, 5.41) is 0. The molecular weight excluding hydrogens is 272 g/mol. The molecule has 0 radical (unpaired) electrons. The molecule has 0 saturated heterocycles. The predicted molar refractivity (Wildman–Crippen MR) is 67.2 cm³/mol. The van der Waals surface area contributed by atoms with Crippen molar-refractivity contribution < 1.29 is 30.3 Å². The van der Waals surface area contributed by atoms with Crippen molar-refractivity contribution in [2.45, 2.75) is 19.0 Å². The van der Waals surface area contributed by atoms with Crippen LogP contribution in [0.2, 0.25) is 6.04 Å². The van der Waals surface area contributed by atoms with E-state index in [0.29, 0.717) is 0 Å². The second kappa shape index (κ2) is 8.44. The molecule has 5 nitrogen and oxygen atoms in total. The quantitative estimate of drug-likeness (QED) is 0.417. The number of aromatic nitrogens is 2. The van der Waals surface area contributed by atoms with Crippen molar-refractivity contribution in [2.75, 3.05) is 21.3 Å². The van der Waals surface area contributed by atoms with Crippen LogP contribution in [0.25, 0.3) is 6.20 Å². The van der Waals surface area contributed by atoms with E-state index in [-0.39, 0.29) is 12.4 Å². The molecule has 104 valence electrons. The molecule has 0 fully saturated rings. The Morgan fingerprint density at radius 3 is 2.33 bits per heavy atom. The van der Waals surface area contributed by atoms with Gasteiger partial charge in [-0.25, -0.2) is 9.13 Å². The number of rotatable bonds is 8. The Morgan fingerprint density at radius 1 is 1.28 bits per heavy atom. The molecule has 1 aromatic rings. The van der Waals surface area contributed by atoms with Gasteiger partial charge in [0, 0.05) is 27.4 Å². The average molecular weight is 293 g/mol. The van der Waals surface area contributed by atoms with Crippen LogP contribution in [-0.4, -0.2) is 34.7 Å². The maximum Gasteiger partial charge on any atom is 0.500 e. The minimum atomic E-state index is -2.41. The van der Waals surface area contributed by atoms with Gasteiger partial charge in [-0.2, -0.15) is 0 Å². The summed E-state index contributed by atoms with van der Waals surface area (Å²) >= 11 is 0. The Bertz CT molecular complexity index is 348. The van der Waals surface area contributed by atoms with Gasteiger partial charge in [-0.3, -0.25) is 0 Å². The van der Waals surface area contributed by atoms with Crippen LogP contribution in [0.5, 0.6) is 0 Å². The van der Waals surface area contributed by atoms with Crippen LogP contribution in [-0.2, 0) is 19.8 Å². The molecule has 0 N–H and O–H groups in total. The Balaban J connectivity index is 0.00000289. The molecule has 0 bridgehead atoms. The highest BCUT2D eigenvalue weighted by atomic mass is 35.5. The summed E-state index contributed by atoms with van der Waals surface area (Å²) in [7, 11) is 2.51. The van der Waals surface area contributed by atoms with Gasteiger partial charge in [0.1, 0.15) is 12.4 Å². The maximum absolute atomic E-state index is 5.36. The molecule has 0 amide bonds. The second-order valence-corrected chi connectivity index (χ2v) is 6.77. The third kappa shape index (κ3) is 4.54. The van der Waals surface area contributed by atoms with Crippen molar-refractivity contribution in [1.29, 1.82) is 0 Å². The topological polar surface area (TPSA) is 36.5 Å². The highest BCUT2D eigenvalue weighted by Gasteiger charge is 2.37. The number of aryl methyl sites for hydroxylation is 1. The molecule has 1 aromatic heterocycles. The lowest BCUT2D eigenvalue weighted by Crippen LogP contribution is -3.00. The molecular formula is C11H21ClN2O3Si. The third-order valence-electron chi connectivity index (χ3n) is 2.76. The molecule has 18 heavy (non-hydrogen) atoms. The first-order chi connectivity index (χ1) is 8.19. The molecule has 0 saturated carbocycles.